The Morgan fingerprint density at radius 1 is 1.50 bits per heavy atom. The standard InChI is InChI=1S/C12H22N4/c1-3-16-12(14-9-15-16)8-13-11-6-4-5-10(2)7-11/h9-11,13H,3-8H2,1-2H3. The van der Waals surface area contributed by atoms with E-state index in [1.165, 1.54) is 25.7 Å². The molecule has 0 aromatic carbocycles. The minimum absolute atomic E-state index is 0.672. The van der Waals surface area contributed by atoms with Crippen LogP contribution in [-0.2, 0) is 13.1 Å². The maximum Gasteiger partial charge on any atom is 0.140 e. The third-order valence-electron chi connectivity index (χ3n) is 3.48. The molecule has 1 aliphatic carbocycles. The van der Waals surface area contributed by atoms with Gasteiger partial charge in [-0.1, -0.05) is 19.8 Å². The summed E-state index contributed by atoms with van der Waals surface area (Å²) in [5.74, 6) is 1.93. The van der Waals surface area contributed by atoms with Crippen molar-refractivity contribution in [1.82, 2.24) is 20.1 Å². The third-order valence-corrected chi connectivity index (χ3v) is 3.48. The second-order valence-corrected chi connectivity index (χ2v) is 4.84. The van der Waals surface area contributed by atoms with Crippen molar-refractivity contribution in [3.8, 4) is 0 Å². The maximum absolute atomic E-state index is 4.28. The molecular weight excluding hydrogens is 200 g/mol. The lowest BCUT2D eigenvalue weighted by molar-refractivity contribution is 0.297. The fraction of sp³-hybridized carbons (Fsp3) is 0.833. The lowest BCUT2D eigenvalue weighted by Gasteiger charge is -2.27. The van der Waals surface area contributed by atoms with E-state index >= 15 is 0 Å². The van der Waals surface area contributed by atoms with Gasteiger partial charge in [0.05, 0.1) is 6.54 Å². The first kappa shape index (κ1) is 11.6. The molecule has 1 heterocycles. The molecule has 0 radical (unpaired) electrons. The van der Waals surface area contributed by atoms with E-state index in [0.717, 1.165) is 24.8 Å². The fourth-order valence-corrected chi connectivity index (χ4v) is 2.54. The van der Waals surface area contributed by atoms with E-state index in [4.69, 9.17) is 0 Å². The van der Waals surface area contributed by atoms with Crippen LogP contribution in [0.15, 0.2) is 6.33 Å². The van der Waals surface area contributed by atoms with Crippen molar-refractivity contribution in [2.45, 2.75) is 58.7 Å². The summed E-state index contributed by atoms with van der Waals surface area (Å²) < 4.78 is 1.96. The van der Waals surface area contributed by atoms with E-state index in [2.05, 4.69) is 29.2 Å². The number of hydrogen-bond acceptors (Lipinski definition) is 3. The van der Waals surface area contributed by atoms with Crippen molar-refractivity contribution in [1.29, 1.82) is 0 Å². The van der Waals surface area contributed by atoms with Gasteiger partial charge in [-0.25, -0.2) is 9.67 Å². The molecule has 1 aromatic heterocycles. The predicted molar refractivity (Wildman–Crippen MR) is 64.0 cm³/mol. The van der Waals surface area contributed by atoms with Gasteiger partial charge >= 0.3 is 0 Å². The topological polar surface area (TPSA) is 42.7 Å². The molecule has 0 spiro atoms. The number of nitrogens with zero attached hydrogens (tertiary/aromatic N) is 3. The van der Waals surface area contributed by atoms with Gasteiger partial charge < -0.3 is 5.32 Å². The Kier molecular flexibility index (Phi) is 3.93. The molecule has 1 fully saturated rings. The first-order valence-corrected chi connectivity index (χ1v) is 6.39. The minimum atomic E-state index is 0.672. The highest BCUT2D eigenvalue weighted by atomic mass is 15.3. The summed E-state index contributed by atoms with van der Waals surface area (Å²) in [6.07, 6.45) is 7.01. The molecule has 2 unspecified atom stereocenters. The zero-order valence-corrected chi connectivity index (χ0v) is 10.3. The van der Waals surface area contributed by atoms with Gasteiger partial charge in [-0.15, -0.1) is 0 Å². The van der Waals surface area contributed by atoms with Crippen LogP contribution in [-0.4, -0.2) is 20.8 Å². The van der Waals surface area contributed by atoms with Crippen molar-refractivity contribution < 1.29 is 0 Å². The van der Waals surface area contributed by atoms with Gasteiger partial charge in [-0.2, -0.15) is 5.10 Å². The summed E-state index contributed by atoms with van der Waals surface area (Å²) in [5, 5.41) is 7.78. The Balaban J connectivity index is 1.82. The van der Waals surface area contributed by atoms with Gasteiger partial charge in [-0.3, -0.25) is 0 Å². The number of hydrogen-bond donors (Lipinski definition) is 1. The van der Waals surface area contributed by atoms with Crippen molar-refractivity contribution in [2.75, 3.05) is 0 Å². The minimum Gasteiger partial charge on any atom is -0.307 e. The largest absolute Gasteiger partial charge is 0.307 e. The van der Waals surface area contributed by atoms with Crippen molar-refractivity contribution in [2.24, 2.45) is 5.92 Å². The van der Waals surface area contributed by atoms with Crippen molar-refractivity contribution in [3.63, 3.8) is 0 Å². The molecule has 4 nitrogen and oxygen atoms in total. The maximum atomic E-state index is 4.28. The summed E-state index contributed by atoms with van der Waals surface area (Å²) in [4.78, 5) is 4.28. The molecule has 1 saturated carbocycles. The van der Waals surface area contributed by atoms with Crippen LogP contribution in [0.2, 0.25) is 0 Å². The summed E-state index contributed by atoms with van der Waals surface area (Å²) in [7, 11) is 0. The average Bonchev–Trinajstić information content (AvgIpc) is 2.74. The third kappa shape index (κ3) is 2.82. The Morgan fingerprint density at radius 2 is 2.38 bits per heavy atom. The van der Waals surface area contributed by atoms with Crippen LogP contribution >= 0.6 is 0 Å². The van der Waals surface area contributed by atoms with Gasteiger partial charge in [0.15, 0.2) is 0 Å². The zero-order chi connectivity index (χ0) is 11.4. The summed E-state index contributed by atoms with van der Waals surface area (Å²) in [5.41, 5.74) is 0. The Bertz CT molecular complexity index is 321. The summed E-state index contributed by atoms with van der Waals surface area (Å²) >= 11 is 0. The lowest BCUT2D eigenvalue weighted by Crippen LogP contribution is -2.33. The Labute approximate surface area is 97.5 Å². The number of rotatable bonds is 4. The molecule has 2 atom stereocenters. The molecular formula is C12H22N4. The molecule has 4 heteroatoms. The molecule has 0 amide bonds. The highest BCUT2D eigenvalue weighted by molar-refractivity contribution is 4.86. The second-order valence-electron chi connectivity index (χ2n) is 4.84. The van der Waals surface area contributed by atoms with Crippen LogP contribution in [0.25, 0.3) is 0 Å². The first-order valence-electron chi connectivity index (χ1n) is 6.39. The number of nitrogens with one attached hydrogen (secondary N) is 1. The van der Waals surface area contributed by atoms with Crippen LogP contribution in [0.4, 0.5) is 0 Å². The molecule has 90 valence electrons. The first-order chi connectivity index (χ1) is 7.79. The Morgan fingerprint density at radius 3 is 3.12 bits per heavy atom. The molecule has 1 N–H and O–H groups in total. The molecule has 0 bridgehead atoms. The Hall–Kier alpha value is -0.900. The van der Waals surface area contributed by atoms with Crippen LogP contribution in [0.3, 0.4) is 0 Å². The molecule has 2 rings (SSSR count). The van der Waals surface area contributed by atoms with Crippen LogP contribution < -0.4 is 5.32 Å². The van der Waals surface area contributed by atoms with E-state index in [-0.39, 0.29) is 0 Å². The van der Waals surface area contributed by atoms with Crippen molar-refractivity contribution in [3.05, 3.63) is 12.2 Å². The zero-order valence-electron chi connectivity index (χ0n) is 10.3. The van der Waals surface area contributed by atoms with E-state index in [1.54, 1.807) is 6.33 Å². The highest BCUT2D eigenvalue weighted by Gasteiger charge is 2.18. The molecule has 1 aromatic rings. The van der Waals surface area contributed by atoms with Crippen LogP contribution in [0.5, 0.6) is 0 Å². The van der Waals surface area contributed by atoms with E-state index in [9.17, 15) is 0 Å². The molecule has 1 aliphatic rings. The molecule has 16 heavy (non-hydrogen) atoms. The van der Waals surface area contributed by atoms with Gasteiger partial charge in [0.2, 0.25) is 0 Å². The smallest absolute Gasteiger partial charge is 0.140 e. The van der Waals surface area contributed by atoms with Gasteiger partial charge in [0.1, 0.15) is 12.2 Å². The predicted octanol–water partition coefficient (Wildman–Crippen LogP) is 1.97. The summed E-state index contributed by atoms with van der Waals surface area (Å²) in [6.45, 7) is 6.20. The SMILES string of the molecule is CCn1ncnc1CNC1CCCC(C)C1. The van der Waals surface area contributed by atoms with Gasteiger partial charge in [0, 0.05) is 12.6 Å². The fourth-order valence-electron chi connectivity index (χ4n) is 2.54. The highest BCUT2D eigenvalue weighted by Crippen LogP contribution is 2.23. The molecule has 0 saturated heterocycles. The van der Waals surface area contributed by atoms with E-state index in [0.29, 0.717) is 6.04 Å². The quantitative estimate of drug-likeness (QED) is 0.847. The lowest BCUT2D eigenvalue weighted by atomic mass is 9.87. The van der Waals surface area contributed by atoms with Crippen LogP contribution in [0, 0.1) is 5.92 Å². The normalized spacial score (nSPS) is 25.9. The van der Waals surface area contributed by atoms with Gasteiger partial charge in [0.25, 0.3) is 0 Å². The van der Waals surface area contributed by atoms with Crippen molar-refractivity contribution >= 4 is 0 Å². The average molecular weight is 222 g/mol. The van der Waals surface area contributed by atoms with Crippen LogP contribution in [0.1, 0.15) is 45.4 Å². The van der Waals surface area contributed by atoms with E-state index in [1.807, 2.05) is 4.68 Å². The second kappa shape index (κ2) is 5.43. The van der Waals surface area contributed by atoms with Gasteiger partial charge in [-0.05, 0) is 25.7 Å². The molecule has 0 aliphatic heterocycles. The number of aryl methyl sites for hydroxylation is 1. The monoisotopic (exact) mass is 222 g/mol. The van der Waals surface area contributed by atoms with E-state index < -0.39 is 0 Å². The summed E-state index contributed by atoms with van der Waals surface area (Å²) in [6, 6.07) is 0.672. The number of aromatic nitrogens is 3.